The number of nitrogens with one attached hydrogen (secondary N) is 1. The zero-order valence-corrected chi connectivity index (χ0v) is 20.1. The minimum atomic E-state index is -0.436. The SMILES string of the molecule is C=CC(=O)Nc1cccc(C2=CC(c3ccc(Oc4ccccn4)cc3F)=CC3C2=NC(N)=NC3C)c1. The van der Waals surface area contributed by atoms with Crippen molar-refractivity contribution in [1.29, 1.82) is 0 Å². The summed E-state index contributed by atoms with van der Waals surface area (Å²) in [5, 5.41) is 2.77. The summed E-state index contributed by atoms with van der Waals surface area (Å²) in [7, 11) is 0. The number of nitrogens with two attached hydrogens (primary N) is 1. The van der Waals surface area contributed by atoms with E-state index in [9.17, 15) is 4.79 Å². The number of amides is 1. The molecule has 2 aromatic carbocycles. The third-order valence-electron chi connectivity index (χ3n) is 6.08. The van der Waals surface area contributed by atoms with Gasteiger partial charge in [-0.3, -0.25) is 4.79 Å². The van der Waals surface area contributed by atoms with Crippen molar-refractivity contribution in [2.75, 3.05) is 5.32 Å². The van der Waals surface area contributed by atoms with Crippen molar-refractivity contribution >= 4 is 34.4 Å². The van der Waals surface area contributed by atoms with E-state index in [1.807, 2.05) is 37.3 Å². The topological polar surface area (TPSA) is 102 Å². The van der Waals surface area contributed by atoms with Gasteiger partial charge in [0.1, 0.15) is 11.6 Å². The minimum absolute atomic E-state index is 0.190. The summed E-state index contributed by atoms with van der Waals surface area (Å²) in [6.45, 7) is 5.44. The van der Waals surface area contributed by atoms with E-state index in [1.165, 1.54) is 12.1 Å². The molecular formula is C29H24FN5O2. The number of guanidine groups is 1. The van der Waals surface area contributed by atoms with Crippen LogP contribution in [0.2, 0.25) is 0 Å². The van der Waals surface area contributed by atoms with Gasteiger partial charge < -0.3 is 15.8 Å². The average Bonchev–Trinajstić information content (AvgIpc) is 2.89. The molecule has 1 aliphatic carbocycles. The van der Waals surface area contributed by atoms with Crippen LogP contribution in [0, 0.1) is 11.7 Å². The van der Waals surface area contributed by atoms with Gasteiger partial charge in [-0.25, -0.2) is 19.4 Å². The summed E-state index contributed by atoms with van der Waals surface area (Å²) in [4.78, 5) is 24.9. The maximum Gasteiger partial charge on any atom is 0.247 e. The fourth-order valence-electron chi connectivity index (χ4n) is 4.35. The molecule has 1 amide bonds. The lowest BCUT2D eigenvalue weighted by molar-refractivity contribution is -0.111. The molecule has 2 aliphatic rings. The predicted octanol–water partition coefficient (Wildman–Crippen LogP) is 5.39. The fourth-order valence-corrected chi connectivity index (χ4v) is 4.35. The zero-order valence-electron chi connectivity index (χ0n) is 20.1. The number of carbonyl (C=O) groups excluding carboxylic acids is 1. The monoisotopic (exact) mass is 493 g/mol. The number of benzene rings is 2. The third-order valence-corrected chi connectivity index (χ3v) is 6.08. The van der Waals surface area contributed by atoms with Crippen LogP contribution >= 0.6 is 0 Å². The number of ether oxygens (including phenoxy) is 1. The highest BCUT2D eigenvalue weighted by Crippen LogP contribution is 2.38. The summed E-state index contributed by atoms with van der Waals surface area (Å²) in [5.74, 6) is -0.0452. The van der Waals surface area contributed by atoms with E-state index >= 15 is 4.39 Å². The summed E-state index contributed by atoms with van der Waals surface area (Å²) in [6, 6.07) is 17.2. The molecule has 0 radical (unpaired) electrons. The van der Waals surface area contributed by atoms with Crippen LogP contribution in [-0.2, 0) is 4.79 Å². The van der Waals surface area contributed by atoms with Crippen LogP contribution in [0.1, 0.15) is 18.1 Å². The summed E-state index contributed by atoms with van der Waals surface area (Å²) < 4.78 is 21.1. The van der Waals surface area contributed by atoms with Gasteiger partial charge in [-0.1, -0.05) is 30.9 Å². The first-order chi connectivity index (χ1) is 17.9. The number of nitrogens with zero attached hydrogens (tertiary/aromatic N) is 3. The van der Waals surface area contributed by atoms with Crippen LogP contribution in [-0.4, -0.2) is 28.6 Å². The second-order valence-corrected chi connectivity index (χ2v) is 8.62. The first-order valence-electron chi connectivity index (χ1n) is 11.7. The first-order valence-corrected chi connectivity index (χ1v) is 11.7. The Hall–Kier alpha value is -4.85. The Morgan fingerprint density at radius 2 is 2.03 bits per heavy atom. The number of aliphatic imine (C=N–C) groups is 2. The van der Waals surface area contributed by atoms with E-state index < -0.39 is 5.82 Å². The lowest BCUT2D eigenvalue weighted by atomic mass is 9.79. The minimum Gasteiger partial charge on any atom is -0.439 e. The molecule has 0 saturated carbocycles. The molecular weight excluding hydrogens is 469 g/mol. The lowest BCUT2D eigenvalue weighted by Crippen LogP contribution is -2.34. The quantitative estimate of drug-likeness (QED) is 0.449. The number of rotatable bonds is 6. The largest absolute Gasteiger partial charge is 0.439 e. The number of hydrogen-bond donors (Lipinski definition) is 2. The summed E-state index contributed by atoms with van der Waals surface area (Å²) in [6.07, 6.45) is 6.66. The molecule has 0 fully saturated rings. The number of hydrogen-bond acceptors (Lipinski definition) is 6. The summed E-state index contributed by atoms with van der Waals surface area (Å²) >= 11 is 0. The van der Waals surface area contributed by atoms with Gasteiger partial charge in [0.05, 0.1) is 11.8 Å². The lowest BCUT2D eigenvalue weighted by Gasteiger charge is -2.30. The van der Waals surface area contributed by atoms with Crippen LogP contribution < -0.4 is 15.8 Å². The van der Waals surface area contributed by atoms with Crippen molar-refractivity contribution in [2.24, 2.45) is 21.6 Å². The molecule has 3 aromatic rings. The van der Waals surface area contributed by atoms with Gasteiger partial charge >= 0.3 is 0 Å². The van der Waals surface area contributed by atoms with Crippen molar-refractivity contribution in [2.45, 2.75) is 13.0 Å². The molecule has 5 rings (SSSR count). The second-order valence-electron chi connectivity index (χ2n) is 8.62. The van der Waals surface area contributed by atoms with Gasteiger partial charge in [0.25, 0.3) is 0 Å². The smallest absolute Gasteiger partial charge is 0.247 e. The molecule has 0 saturated heterocycles. The Kier molecular flexibility index (Phi) is 6.47. The van der Waals surface area contributed by atoms with Gasteiger partial charge in [0.2, 0.25) is 17.7 Å². The number of halogens is 1. The first kappa shape index (κ1) is 23.9. The summed E-state index contributed by atoms with van der Waals surface area (Å²) in [5.41, 5.74) is 10.0. The third kappa shape index (κ3) is 5.08. The van der Waals surface area contributed by atoms with Crippen molar-refractivity contribution in [3.63, 3.8) is 0 Å². The van der Waals surface area contributed by atoms with Crippen LogP contribution in [0.15, 0.2) is 102 Å². The molecule has 2 heterocycles. The Morgan fingerprint density at radius 1 is 1.16 bits per heavy atom. The maximum absolute atomic E-state index is 15.4. The molecule has 3 N–H and O–H groups in total. The molecule has 0 bridgehead atoms. The van der Waals surface area contributed by atoms with E-state index in [0.29, 0.717) is 28.5 Å². The molecule has 7 nitrogen and oxygen atoms in total. The van der Waals surface area contributed by atoms with Crippen LogP contribution in [0.4, 0.5) is 10.1 Å². The average molecular weight is 494 g/mol. The Bertz CT molecular complexity index is 1510. The van der Waals surface area contributed by atoms with Gasteiger partial charge in [-0.05, 0) is 60.5 Å². The number of pyridine rings is 1. The van der Waals surface area contributed by atoms with Crippen molar-refractivity contribution < 1.29 is 13.9 Å². The molecule has 2 atom stereocenters. The number of aromatic nitrogens is 1. The van der Waals surface area contributed by atoms with Crippen molar-refractivity contribution in [3.8, 4) is 11.6 Å². The van der Waals surface area contributed by atoms with Crippen LogP contribution in [0.3, 0.4) is 0 Å². The second kappa shape index (κ2) is 10.0. The van der Waals surface area contributed by atoms with E-state index in [0.717, 1.165) is 16.8 Å². The molecule has 1 aromatic heterocycles. The van der Waals surface area contributed by atoms with Gasteiger partial charge in [0.15, 0.2) is 0 Å². The number of carbonyl (C=O) groups is 1. The number of anilines is 1. The van der Waals surface area contributed by atoms with Crippen molar-refractivity contribution in [3.05, 3.63) is 109 Å². The normalized spacial score (nSPS) is 18.4. The number of fused-ring (bicyclic) bond motifs is 1. The van der Waals surface area contributed by atoms with Gasteiger partial charge in [0, 0.05) is 41.1 Å². The van der Waals surface area contributed by atoms with Crippen LogP contribution in [0.25, 0.3) is 11.1 Å². The van der Waals surface area contributed by atoms with E-state index in [4.69, 9.17) is 10.5 Å². The molecule has 2 unspecified atom stereocenters. The zero-order chi connectivity index (χ0) is 25.9. The standard InChI is InChI=1S/C29H24FN5O2/c1-3-26(36)34-20-8-6-7-18(13-20)24-15-19(14-23-17(2)33-29(31)35-28(23)24)22-11-10-21(16-25(22)30)37-27-9-4-5-12-32-27/h3-17,23H,1H2,2H3,(H2,31,33)(H,34,36). The highest BCUT2D eigenvalue weighted by Gasteiger charge is 2.32. The molecule has 184 valence electrons. The predicted molar refractivity (Wildman–Crippen MR) is 144 cm³/mol. The van der Waals surface area contributed by atoms with Gasteiger partial charge in [-0.15, -0.1) is 0 Å². The molecule has 0 spiro atoms. The molecule has 1 aliphatic heterocycles. The highest BCUT2D eigenvalue weighted by atomic mass is 19.1. The Labute approximate surface area is 213 Å². The fraction of sp³-hybridized carbons (Fsp3) is 0.103. The van der Waals surface area contributed by atoms with E-state index in [1.54, 1.807) is 42.6 Å². The van der Waals surface area contributed by atoms with Crippen LogP contribution in [0.5, 0.6) is 11.6 Å². The maximum atomic E-state index is 15.4. The van der Waals surface area contributed by atoms with Crippen molar-refractivity contribution in [1.82, 2.24) is 4.98 Å². The Balaban J connectivity index is 1.55. The Morgan fingerprint density at radius 3 is 2.78 bits per heavy atom. The van der Waals surface area contributed by atoms with E-state index in [2.05, 4.69) is 26.9 Å². The van der Waals surface area contributed by atoms with Gasteiger partial charge in [-0.2, -0.15) is 0 Å². The molecule has 37 heavy (non-hydrogen) atoms. The highest BCUT2D eigenvalue weighted by molar-refractivity contribution is 6.31. The van der Waals surface area contributed by atoms with E-state index in [-0.39, 0.29) is 23.8 Å². The molecule has 8 heteroatoms. The number of allylic oxidation sites excluding steroid dienone is 3.